The van der Waals surface area contributed by atoms with Crippen molar-refractivity contribution in [3.8, 4) is 0 Å². The maximum Gasteiger partial charge on any atom is 0.257 e. The highest BCUT2D eigenvalue weighted by atomic mass is 32.2. The third kappa shape index (κ3) is 3.52. The summed E-state index contributed by atoms with van der Waals surface area (Å²) in [6.45, 7) is 3.81. The molecule has 1 aliphatic rings. The van der Waals surface area contributed by atoms with Gasteiger partial charge in [-0.2, -0.15) is 0 Å². The van der Waals surface area contributed by atoms with Gasteiger partial charge in [-0.1, -0.05) is 19.9 Å². The minimum absolute atomic E-state index is 0.00938. The van der Waals surface area contributed by atoms with Crippen molar-refractivity contribution in [3.05, 3.63) is 40.4 Å². The average molecular weight is 364 g/mol. The van der Waals surface area contributed by atoms with Gasteiger partial charge in [-0.3, -0.25) is 10.1 Å². The van der Waals surface area contributed by atoms with Crippen LogP contribution in [-0.2, 0) is 22.7 Å². The van der Waals surface area contributed by atoms with E-state index in [-0.39, 0.29) is 16.6 Å². The Kier molecular flexibility index (Phi) is 4.73. The lowest BCUT2D eigenvalue weighted by molar-refractivity contribution is 0.102. The van der Waals surface area contributed by atoms with Crippen molar-refractivity contribution in [1.82, 2.24) is 4.98 Å². The van der Waals surface area contributed by atoms with Crippen LogP contribution in [0.25, 0.3) is 0 Å². The minimum Gasteiger partial charge on any atom is -0.298 e. The molecule has 0 bridgehead atoms. The number of anilines is 1. The van der Waals surface area contributed by atoms with Gasteiger partial charge in [-0.15, -0.1) is 11.3 Å². The number of aromatic nitrogens is 1. The maximum atomic E-state index is 12.4. The Morgan fingerprint density at radius 3 is 2.96 bits per heavy atom. The third-order valence-electron chi connectivity index (χ3n) is 4.24. The number of nitrogens with one attached hydrogen (secondary N) is 1. The van der Waals surface area contributed by atoms with E-state index in [1.54, 1.807) is 19.1 Å². The van der Waals surface area contributed by atoms with E-state index in [1.165, 1.54) is 28.3 Å². The molecule has 0 saturated heterocycles. The first-order valence-electron chi connectivity index (χ1n) is 8.02. The number of sulfone groups is 1. The zero-order valence-corrected chi connectivity index (χ0v) is 15.3. The number of fused-ring (bicyclic) bond motifs is 1. The molecule has 128 valence electrons. The number of carbonyl (C=O) groups excluding carboxylic acids is 1. The zero-order chi connectivity index (χ0) is 17.3. The predicted molar refractivity (Wildman–Crippen MR) is 95.4 cm³/mol. The minimum atomic E-state index is -3.33. The van der Waals surface area contributed by atoms with Gasteiger partial charge in [0.2, 0.25) is 0 Å². The first kappa shape index (κ1) is 17.1. The van der Waals surface area contributed by atoms with Crippen molar-refractivity contribution in [2.45, 2.75) is 38.0 Å². The molecule has 24 heavy (non-hydrogen) atoms. The summed E-state index contributed by atoms with van der Waals surface area (Å²) < 4.78 is 23.9. The predicted octanol–water partition coefficient (Wildman–Crippen LogP) is 3.31. The summed E-state index contributed by atoms with van der Waals surface area (Å²) >= 11 is 1.52. The number of rotatable bonds is 4. The molecule has 0 unspecified atom stereocenters. The molecule has 1 amide bonds. The molecule has 1 aromatic carbocycles. The van der Waals surface area contributed by atoms with Gasteiger partial charge < -0.3 is 0 Å². The molecule has 0 aliphatic heterocycles. The lowest BCUT2D eigenvalue weighted by Gasteiger charge is -2.15. The number of benzene rings is 1. The van der Waals surface area contributed by atoms with E-state index in [0.717, 1.165) is 25.0 Å². The monoisotopic (exact) mass is 364 g/mol. The van der Waals surface area contributed by atoms with Crippen LogP contribution in [0.5, 0.6) is 0 Å². The Balaban J connectivity index is 1.80. The number of aryl methyl sites for hydroxylation is 1. The molecule has 2 aromatic rings. The van der Waals surface area contributed by atoms with Gasteiger partial charge in [-0.05, 0) is 43.4 Å². The molecule has 1 atom stereocenters. The SMILES string of the molecule is CCS(=O)(=O)c1cccc(C(=O)Nc2nc3c(s2)C[C@@H](C)CC3)c1. The van der Waals surface area contributed by atoms with Crippen molar-refractivity contribution in [3.63, 3.8) is 0 Å². The van der Waals surface area contributed by atoms with Gasteiger partial charge in [0.1, 0.15) is 0 Å². The highest BCUT2D eigenvalue weighted by molar-refractivity contribution is 7.91. The molecule has 0 saturated carbocycles. The van der Waals surface area contributed by atoms with E-state index in [9.17, 15) is 13.2 Å². The number of nitrogens with zero attached hydrogens (tertiary/aromatic N) is 1. The van der Waals surface area contributed by atoms with E-state index in [4.69, 9.17) is 0 Å². The molecule has 1 aliphatic carbocycles. The number of hydrogen-bond donors (Lipinski definition) is 1. The van der Waals surface area contributed by atoms with Crippen molar-refractivity contribution < 1.29 is 13.2 Å². The number of amides is 1. The largest absolute Gasteiger partial charge is 0.298 e. The molecule has 0 radical (unpaired) electrons. The standard InChI is InChI=1S/C17H20N2O3S2/c1-3-24(21,22)13-6-4-5-12(10-13)16(20)19-17-18-14-8-7-11(2)9-15(14)23-17/h4-6,10-11H,3,7-9H2,1-2H3,(H,18,19,20)/t11-/m0/s1. The van der Waals surface area contributed by atoms with Crippen molar-refractivity contribution >= 4 is 32.2 Å². The molecule has 3 rings (SSSR count). The summed E-state index contributed by atoms with van der Waals surface area (Å²) in [5.41, 5.74) is 1.40. The van der Waals surface area contributed by atoms with Crippen LogP contribution in [0.3, 0.4) is 0 Å². The van der Waals surface area contributed by atoms with Crippen molar-refractivity contribution in [2.75, 3.05) is 11.1 Å². The molecule has 0 fully saturated rings. The van der Waals surface area contributed by atoms with Crippen molar-refractivity contribution in [2.24, 2.45) is 5.92 Å². The number of hydrogen-bond acceptors (Lipinski definition) is 5. The lowest BCUT2D eigenvalue weighted by Crippen LogP contribution is -2.13. The van der Waals surface area contributed by atoms with Crippen LogP contribution >= 0.6 is 11.3 Å². The topological polar surface area (TPSA) is 76.1 Å². The Hall–Kier alpha value is -1.73. The zero-order valence-electron chi connectivity index (χ0n) is 13.7. The molecule has 1 N–H and O–H groups in total. The van der Waals surface area contributed by atoms with Crippen LogP contribution < -0.4 is 5.32 Å². The molecular weight excluding hydrogens is 344 g/mol. The lowest BCUT2D eigenvalue weighted by atomic mass is 9.93. The molecule has 5 nitrogen and oxygen atoms in total. The van der Waals surface area contributed by atoms with Crippen LogP contribution in [0.2, 0.25) is 0 Å². The van der Waals surface area contributed by atoms with Gasteiger partial charge in [0.25, 0.3) is 5.91 Å². The molecule has 7 heteroatoms. The molecule has 1 aromatic heterocycles. The fourth-order valence-electron chi connectivity index (χ4n) is 2.76. The third-order valence-corrected chi connectivity index (χ3v) is 7.01. The second kappa shape index (κ2) is 6.64. The quantitative estimate of drug-likeness (QED) is 0.903. The fourth-order valence-corrected chi connectivity index (χ4v) is 4.85. The van der Waals surface area contributed by atoms with Gasteiger partial charge >= 0.3 is 0 Å². The first-order chi connectivity index (χ1) is 11.4. The highest BCUT2D eigenvalue weighted by Gasteiger charge is 2.21. The van der Waals surface area contributed by atoms with E-state index in [2.05, 4.69) is 17.2 Å². The van der Waals surface area contributed by atoms with E-state index < -0.39 is 9.84 Å². The van der Waals surface area contributed by atoms with Gasteiger partial charge in [0, 0.05) is 10.4 Å². The Morgan fingerprint density at radius 2 is 2.21 bits per heavy atom. The van der Waals surface area contributed by atoms with E-state index >= 15 is 0 Å². The second-order valence-corrected chi connectivity index (χ2v) is 9.48. The molecular formula is C17H20N2O3S2. The molecule has 0 spiro atoms. The Bertz CT molecular complexity index is 872. The normalized spacial score (nSPS) is 17.3. The second-order valence-electron chi connectivity index (χ2n) is 6.12. The summed E-state index contributed by atoms with van der Waals surface area (Å²) in [7, 11) is -3.33. The van der Waals surface area contributed by atoms with E-state index in [1.807, 2.05) is 0 Å². The highest BCUT2D eigenvalue weighted by Crippen LogP contribution is 2.32. The summed E-state index contributed by atoms with van der Waals surface area (Å²) in [4.78, 5) is 18.3. The average Bonchev–Trinajstić information content (AvgIpc) is 2.96. The fraction of sp³-hybridized carbons (Fsp3) is 0.412. The Morgan fingerprint density at radius 1 is 1.42 bits per heavy atom. The van der Waals surface area contributed by atoms with Crippen molar-refractivity contribution in [1.29, 1.82) is 0 Å². The number of thiazole rings is 1. The molecule has 1 heterocycles. The first-order valence-corrected chi connectivity index (χ1v) is 10.5. The van der Waals surface area contributed by atoms with Crippen LogP contribution in [0, 0.1) is 5.92 Å². The van der Waals surface area contributed by atoms with Crippen LogP contribution in [-0.4, -0.2) is 25.1 Å². The van der Waals surface area contributed by atoms with Gasteiger partial charge in [-0.25, -0.2) is 13.4 Å². The Labute approximate surface area is 146 Å². The maximum absolute atomic E-state index is 12.4. The van der Waals surface area contributed by atoms with Crippen LogP contribution in [0.15, 0.2) is 29.2 Å². The summed E-state index contributed by atoms with van der Waals surface area (Å²) in [5, 5.41) is 3.39. The van der Waals surface area contributed by atoms with Crippen LogP contribution in [0.4, 0.5) is 5.13 Å². The van der Waals surface area contributed by atoms with Crippen LogP contribution in [0.1, 0.15) is 41.2 Å². The number of carbonyl (C=O) groups is 1. The summed E-state index contributed by atoms with van der Waals surface area (Å²) in [6.07, 6.45) is 3.08. The summed E-state index contributed by atoms with van der Waals surface area (Å²) in [5.74, 6) is 0.329. The smallest absolute Gasteiger partial charge is 0.257 e. The summed E-state index contributed by atoms with van der Waals surface area (Å²) in [6, 6.07) is 6.13. The van der Waals surface area contributed by atoms with E-state index in [0.29, 0.717) is 16.6 Å². The van der Waals surface area contributed by atoms with Gasteiger partial charge in [0.15, 0.2) is 15.0 Å². The van der Waals surface area contributed by atoms with Gasteiger partial charge in [0.05, 0.1) is 16.3 Å².